The fourth-order valence-corrected chi connectivity index (χ4v) is 3.85. The number of thioether (sulfide) groups is 1. The van der Waals surface area contributed by atoms with E-state index in [0.29, 0.717) is 12.3 Å². The number of nitrogens with zero attached hydrogens (tertiary/aromatic N) is 5. The highest BCUT2D eigenvalue weighted by Crippen LogP contribution is 2.25. The van der Waals surface area contributed by atoms with E-state index in [-0.39, 0.29) is 5.91 Å². The topological polar surface area (TPSA) is 63.9 Å². The van der Waals surface area contributed by atoms with Crippen molar-refractivity contribution in [3.8, 4) is 0 Å². The first-order valence-electron chi connectivity index (χ1n) is 7.82. The molecule has 0 spiro atoms. The van der Waals surface area contributed by atoms with Gasteiger partial charge in [0.25, 0.3) is 0 Å². The van der Waals surface area contributed by atoms with E-state index in [2.05, 4.69) is 33.3 Å². The molecule has 0 fully saturated rings. The van der Waals surface area contributed by atoms with Crippen LogP contribution in [-0.2, 0) is 24.8 Å². The number of hydrogen-bond donors (Lipinski definition) is 0. The van der Waals surface area contributed by atoms with E-state index in [4.69, 9.17) is 0 Å². The van der Waals surface area contributed by atoms with Crippen molar-refractivity contribution in [2.45, 2.75) is 18.0 Å². The zero-order chi connectivity index (χ0) is 16.5. The van der Waals surface area contributed by atoms with Gasteiger partial charge in [0, 0.05) is 20.1 Å². The Morgan fingerprint density at radius 1 is 1.25 bits per heavy atom. The fourth-order valence-electron chi connectivity index (χ4n) is 2.99. The third kappa shape index (κ3) is 2.75. The summed E-state index contributed by atoms with van der Waals surface area (Å²) in [5.41, 5.74) is 3.38. The first-order chi connectivity index (χ1) is 11.7. The van der Waals surface area contributed by atoms with Gasteiger partial charge in [-0.05, 0) is 17.5 Å². The Morgan fingerprint density at radius 3 is 2.96 bits per heavy atom. The summed E-state index contributed by atoms with van der Waals surface area (Å²) in [4.78, 5) is 23.0. The van der Waals surface area contributed by atoms with Crippen molar-refractivity contribution in [1.82, 2.24) is 24.6 Å². The maximum atomic E-state index is 12.6. The van der Waals surface area contributed by atoms with Crippen LogP contribution in [0.2, 0.25) is 0 Å². The molecule has 3 heterocycles. The first kappa shape index (κ1) is 15.1. The van der Waals surface area contributed by atoms with Crippen LogP contribution in [0.5, 0.6) is 0 Å². The van der Waals surface area contributed by atoms with Gasteiger partial charge in [0.05, 0.1) is 17.3 Å². The number of hydrogen-bond acceptors (Lipinski definition) is 5. The van der Waals surface area contributed by atoms with Crippen LogP contribution < -0.4 is 0 Å². The third-order valence-corrected chi connectivity index (χ3v) is 5.30. The lowest BCUT2D eigenvalue weighted by Gasteiger charge is -2.28. The Bertz CT molecular complexity index is 907. The standard InChI is InChI=1S/C17H17N5OS/c1-21-16-14(8-20-21)17(19-11-18-16)24-10-15(23)22-7-6-12-4-2-3-5-13(12)9-22/h2-5,8,11H,6-7,9-10H2,1H3. The highest BCUT2D eigenvalue weighted by atomic mass is 32.2. The number of aryl methyl sites for hydroxylation is 1. The maximum Gasteiger partial charge on any atom is 0.233 e. The number of aromatic nitrogens is 4. The normalized spacial score (nSPS) is 14.0. The lowest BCUT2D eigenvalue weighted by molar-refractivity contribution is -0.129. The summed E-state index contributed by atoms with van der Waals surface area (Å²) in [6.07, 6.45) is 4.19. The van der Waals surface area contributed by atoms with Crippen LogP contribution in [0.25, 0.3) is 11.0 Å². The van der Waals surface area contributed by atoms with Crippen molar-refractivity contribution in [3.05, 3.63) is 47.9 Å². The fraction of sp³-hybridized carbons (Fsp3) is 0.294. The molecule has 0 unspecified atom stereocenters. The van der Waals surface area contributed by atoms with Crippen LogP contribution in [0.1, 0.15) is 11.1 Å². The highest BCUT2D eigenvalue weighted by Gasteiger charge is 2.21. The second-order valence-electron chi connectivity index (χ2n) is 5.81. The summed E-state index contributed by atoms with van der Waals surface area (Å²) in [6.45, 7) is 1.48. The minimum Gasteiger partial charge on any atom is -0.337 e. The van der Waals surface area contributed by atoms with Crippen LogP contribution in [0.4, 0.5) is 0 Å². The molecule has 2 aromatic heterocycles. The zero-order valence-electron chi connectivity index (χ0n) is 13.3. The molecule has 3 aromatic rings. The molecule has 1 amide bonds. The second-order valence-corrected chi connectivity index (χ2v) is 6.77. The van der Waals surface area contributed by atoms with Gasteiger partial charge in [-0.3, -0.25) is 9.48 Å². The van der Waals surface area contributed by atoms with E-state index >= 15 is 0 Å². The highest BCUT2D eigenvalue weighted by molar-refractivity contribution is 8.00. The quantitative estimate of drug-likeness (QED) is 0.540. The van der Waals surface area contributed by atoms with E-state index in [0.717, 1.165) is 29.0 Å². The molecular formula is C17H17N5OS. The molecule has 0 saturated carbocycles. The van der Waals surface area contributed by atoms with Crippen LogP contribution in [0, 0.1) is 0 Å². The molecule has 0 saturated heterocycles. The Kier molecular flexibility index (Phi) is 3.93. The molecule has 0 aliphatic carbocycles. The monoisotopic (exact) mass is 339 g/mol. The molecule has 7 heteroatoms. The number of carbonyl (C=O) groups excluding carboxylic acids is 1. The minimum atomic E-state index is 0.144. The van der Waals surface area contributed by atoms with E-state index in [9.17, 15) is 4.79 Å². The van der Waals surface area contributed by atoms with Gasteiger partial charge in [0.2, 0.25) is 5.91 Å². The zero-order valence-corrected chi connectivity index (χ0v) is 14.2. The summed E-state index contributed by atoms with van der Waals surface area (Å²) in [5.74, 6) is 0.522. The molecule has 1 aliphatic heterocycles. The van der Waals surface area contributed by atoms with E-state index in [1.165, 1.54) is 29.2 Å². The molecule has 0 bridgehead atoms. The van der Waals surface area contributed by atoms with Crippen molar-refractivity contribution in [2.75, 3.05) is 12.3 Å². The van der Waals surface area contributed by atoms with Gasteiger partial charge in [-0.25, -0.2) is 9.97 Å². The summed E-state index contributed by atoms with van der Waals surface area (Å²) in [6, 6.07) is 8.33. The molecule has 0 radical (unpaired) electrons. The SMILES string of the molecule is Cn1ncc2c(SCC(=O)N3CCc4ccccc4C3)ncnc21. The minimum absolute atomic E-state index is 0.144. The van der Waals surface area contributed by atoms with E-state index < -0.39 is 0 Å². The van der Waals surface area contributed by atoms with Crippen molar-refractivity contribution in [3.63, 3.8) is 0 Å². The molecule has 1 aliphatic rings. The van der Waals surface area contributed by atoms with Crippen LogP contribution in [0.15, 0.2) is 41.8 Å². The van der Waals surface area contributed by atoms with Gasteiger partial charge in [-0.15, -0.1) is 0 Å². The van der Waals surface area contributed by atoms with Crippen LogP contribution >= 0.6 is 11.8 Å². The van der Waals surface area contributed by atoms with Gasteiger partial charge >= 0.3 is 0 Å². The van der Waals surface area contributed by atoms with Crippen molar-refractivity contribution in [2.24, 2.45) is 7.05 Å². The third-order valence-electron chi connectivity index (χ3n) is 4.31. The van der Waals surface area contributed by atoms with E-state index in [1.807, 2.05) is 18.0 Å². The number of benzene rings is 1. The number of fused-ring (bicyclic) bond motifs is 2. The average molecular weight is 339 g/mol. The molecular weight excluding hydrogens is 322 g/mol. The predicted octanol–water partition coefficient (Wildman–Crippen LogP) is 2.04. The molecule has 4 rings (SSSR count). The molecule has 0 N–H and O–H groups in total. The number of carbonyl (C=O) groups is 1. The lowest BCUT2D eigenvalue weighted by Crippen LogP contribution is -2.37. The average Bonchev–Trinajstić information content (AvgIpc) is 3.01. The van der Waals surface area contributed by atoms with E-state index in [1.54, 1.807) is 10.9 Å². The van der Waals surface area contributed by atoms with Gasteiger partial charge in [-0.2, -0.15) is 5.10 Å². The smallest absolute Gasteiger partial charge is 0.233 e. The Morgan fingerprint density at radius 2 is 2.08 bits per heavy atom. The Balaban J connectivity index is 1.45. The second kappa shape index (κ2) is 6.24. The van der Waals surface area contributed by atoms with Crippen molar-refractivity contribution < 1.29 is 4.79 Å². The summed E-state index contributed by atoms with van der Waals surface area (Å²) in [5, 5.41) is 5.90. The van der Waals surface area contributed by atoms with Gasteiger partial charge < -0.3 is 4.90 Å². The van der Waals surface area contributed by atoms with Crippen LogP contribution in [0.3, 0.4) is 0 Å². The summed E-state index contributed by atoms with van der Waals surface area (Å²) >= 11 is 1.45. The van der Waals surface area contributed by atoms with Gasteiger partial charge in [0.15, 0.2) is 5.65 Å². The maximum absolute atomic E-state index is 12.6. The van der Waals surface area contributed by atoms with Crippen LogP contribution in [-0.4, -0.2) is 42.9 Å². The summed E-state index contributed by atoms with van der Waals surface area (Å²) in [7, 11) is 1.85. The summed E-state index contributed by atoms with van der Waals surface area (Å²) < 4.78 is 1.71. The number of amides is 1. The molecule has 0 atom stereocenters. The lowest BCUT2D eigenvalue weighted by atomic mass is 10.00. The van der Waals surface area contributed by atoms with Crippen molar-refractivity contribution >= 4 is 28.7 Å². The first-order valence-corrected chi connectivity index (χ1v) is 8.81. The van der Waals surface area contributed by atoms with Gasteiger partial charge in [0.1, 0.15) is 11.4 Å². The molecule has 122 valence electrons. The Hall–Kier alpha value is -2.41. The largest absolute Gasteiger partial charge is 0.337 e. The number of rotatable bonds is 3. The molecule has 24 heavy (non-hydrogen) atoms. The molecule has 1 aromatic carbocycles. The van der Waals surface area contributed by atoms with Crippen molar-refractivity contribution in [1.29, 1.82) is 0 Å². The predicted molar refractivity (Wildman–Crippen MR) is 92.6 cm³/mol. The molecule has 6 nitrogen and oxygen atoms in total. The van der Waals surface area contributed by atoms with Gasteiger partial charge in [-0.1, -0.05) is 36.0 Å². The Labute approximate surface area is 143 Å².